The summed E-state index contributed by atoms with van der Waals surface area (Å²) in [7, 11) is 0. The SMILES string of the molecule is CC(C)(C)S[C@@H]1CCCC[C@H]1N[C@H](c1ccc(Cl)cc1)[C@H](O)c1cccc(Cl)c1. The van der Waals surface area contributed by atoms with Crippen LogP contribution in [0.25, 0.3) is 0 Å². The van der Waals surface area contributed by atoms with Gasteiger partial charge in [-0.2, -0.15) is 11.8 Å². The first-order chi connectivity index (χ1) is 13.7. The number of rotatable bonds is 6. The number of aliphatic hydroxyl groups is 1. The third kappa shape index (κ3) is 6.63. The van der Waals surface area contributed by atoms with Gasteiger partial charge >= 0.3 is 0 Å². The fraction of sp³-hybridized carbons (Fsp3) is 0.500. The van der Waals surface area contributed by atoms with E-state index >= 15 is 0 Å². The molecule has 29 heavy (non-hydrogen) atoms. The van der Waals surface area contributed by atoms with Crippen LogP contribution in [0.15, 0.2) is 48.5 Å². The van der Waals surface area contributed by atoms with Crippen molar-refractivity contribution in [2.75, 3.05) is 0 Å². The molecule has 1 saturated carbocycles. The second kappa shape index (κ2) is 10.1. The van der Waals surface area contributed by atoms with Gasteiger partial charge in [0.2, 0.25) is 0 Å². The topological polar surface area (TPSA) is 32.3 Å². The number of benzene rings is 2. The normalized spacial score (nSPS) is 22.3. The smallest absolute Gasteiger partial charge is 0.0985 e. The molecule has 2 nitrogen and oxygen atoms in total. The minimum Gasteiger partial charge on any atom is -0.386 e. The summed E-state index contributed by atoms with van der Waals surface area (Å²) in [5, 5.41) is 17.0. The second-order valence-corrected chi connectivity index (χ2v) is 11.8. The van der Waals surface area contributed by atoms with Gasteiger partial charge in [0.1, 0.15) is 0 Å². The average Bonchev–Trinajstić information content (AvgIpc) is 2.66. The van der Waals surface area contributed by atoms with Gasteiger partial charge < -0.3 is 10.4 Å². The molecule has 3 rings (SSSR count). The van der Waals surface area contributed by atoms with Gasteiger partial charge in [-0.05, 0) is 48.2 Å². The summed E-state index contributed by atoms with van der Waals surface area (Å²) >= 11 is 14.4. The molecule has 0 amide bonds. The fourth-order valence-electron chi connectivity index (χ4n) is 4.04. The van der Waals surface area contributed by atoms with E-state index < -0.39 is 6.10 Å². The van der Waals surface area contributed by atoms with Crippen molar-refractivity contribution in [3.8, 4) is 0 Å². The predicted molar refractivity (Wildman–Crippen MR) is 127 cm³/mol. The fourth-order valence-corrected chi connectivity index (χ4v) is 5.93. The Balaban J connectivity index is 1.89. The highest BCUT2D eigenvalue weighted by Gasteiger charge is 2.33. The Labute approximate surface area is 189 Å². The number of halogens is 2. The van der Waals surface area contributed by atoms with Gasteiger partial charge in [0, 0.05) is 26.1 Å². The van der Waals surface area contributed by atoms with Gasteiger partial charge in [0.15, 0.2) is 0 Å². The zero-order valence-electron chi connectivity index (χ0n) is 17.4. The van der Waals surface area contributed by atoms with E-state index in [2.05, 4.69) is 26.1 Å². The van der Waals surface area contributed by atoms with Crippen LogP contribution in [-0.2, 0) is 0 Å². The first-order valence-electron chi connectivity index (χ1n) is 10.4. The Kier molecular flexibility index (Phi) is 7.97. The van der Waals surface area contributed by atoms with E-state index in [9.17, 15) is 5.11 Å². The number of aliphatic hydroxyl groups excluding tert-OH is 1. The minimum atomic E-state index is -0.697. The maximum Gasteiger partial charge on any atom is 0.0985 e. The van der Waals surface area contributed by atoms with E-state index in [1.165, 1.54) is 19.3 Å². The molecule has 1 aliphatic carbocycles. The predicted octanol–water partition coefficient (Wildman–Crippen LogP) is 7.20. The highest BCUT2D eigenvalue weighted by atomic mass is 35.5. The van der Waals surface area contributed by atoms with Crippen molar-refractivity contribution in [1.82, 2.24) is 5.32 Å². The van der Waals surface area contributed by atoms with Crippen molar-refractivity contribution >= 4 is 35.0 Å². The van der Waals surface area contributed by atoms with Gasteiger partial charge in [-0.25, -0.2) is 0 Å². The third-order valence-corrected chi connectivity index (χ3v) is 7.40. The van der Waals surface area contributed by atoms with E-state index in [0.29, 0.717) is 21.3 Å². The second-order valence-electron chi connectivity index (χ2n) is 8.86. The molecule has 0 heterocycles. The van der Waals surface area contributed by atoms with E-state index in [1.54, 1.807) is 0 Å². The van der Waals surface area contributed by atoms with Crippen LogP contribution in [0.5, 0.6) is 0 Å². The van der Waals surface area contributed by atoms with Crippen LogP contribution in [-0.4, -0.2) is 21.1 Å². The molecule has 4 atom stereocenters. The number of hydrogen-bond donors (Lipinski definition) is 2. The zero-order valence-corrected chi connectivity index (χ0v) is 19.7. The molecular weight excluding hydrogens is 421 g/mol. The summed E-state index contributed by atoms with van der Waals surface area (Å²) in [5.41, 5.74) is 1.85. The summed E-state index contributed by atoms with van der Waals surface area (Å²) in [5.74, 6) is 0. The van der Waals surface area contributed by atoms with Crippen molar-refractivity contribution in [2.24, 2.45) is 0 Å². The number of thioether (sulfide) groups is 1. The zero-order chi connectivity index (χ0) is 21.0. The Bertz CT molecular complexity index is 790. The minimum absolute atomic E-state index is 0.212. The molecule has 158 valence electrons. The molecular formula is C24H31Cl2NOS. The van der Waals surface area contributed by atoms with E-state index in [4.69, 9.17) is 23.2 Å². The summed E-state index contributed by atoms with van der Waals surface area (Å²) < 4.78 is 0.212. The molecule has 0 radical (unpaired) electrons. The van der Waals surface area contributed by atoms with Crippen LogP contribution in [0.1, 0.15) is 69.7 Å². The van der Waals surface area contributed by atoms with Crippen LogP contribution in [0, 0.1) is 0 Å². The molecule has 0 spiro atoms. The molecule has 0 aromatic heterocycles. The van der Waals surface area contributed by atoms with Gasteiger partial charge in [0.05, 0.1) is 12.1 Å². The molecule has 1 fully saturated rings. The summed E-state index contributed by atoms with van der Waals surface area (Å²) in [4.78, 5) is 0. The molecule has 2 aromatic carbocycles. The van der Waals surface area contributed by atoms with E-state index in [-0.39, 0.29) is 10.8 Å². The molecule has 2 N–H and O–H groups in total. The molecule has 0 unspecified atom stereocenters. The number of hydrogen-bond acceptors (Lipinski definition) is 3. The van der Waals surface area contributed by atoms with Gasteiger partial charge in [-0.3, -0.25) is 0 Å². The maximum atomic E-state index is 11.3. The van der Waals surface area contributed by atoms with Crippen molar-refractivity contribution in [1.29, 1.82) is 0 Å². The first-order valence-corrected chi connectivity index (χ1v) is 12.0. The van der Waals surface area contributed by atoms with Crippen molar-refractivity contribution in [3.05, 3.63) is 69.7 Å². The van der Waals surface area contributed by atoms with E-state index in [0.717, 1.165) is 17.5 Å². The van der Waals surface area contributed by atoms with Crippen molar-refractivity contribution < 1.29 is 5.11 Å². The largest absolute Gasteiger partial charge is 0.386 e. The van der Waals surface area contributed by atoms with Crippen LogP contribution in [0.2, 0.25) is 10.0 Å². The highest BCUT2D eigenvalue weighted by Crippen LogP contribution is 2.39. The van der Waals surface area contributed by atoms with Crippen molar-refractivity contribution in [2.45, 2.75) is 74.6 Å². The highest BCUT2D eigenvalue weighted by molar-refractivity contribution is 8.01. The monoisotopic (exact) mass is 451 g/mol. The lowest BCUT2D eigenvalue weighted by Gasteiger charge is -2.39. The van der Waals surface area contributed by atoms with E-state index in [1.807, 2.05) is 60.3 Å². The average molecular weight is 452 g/mol. The Morgan fingerprint density at radius 3 is 2.31 bits per heavy atom. The van der Waals surface area contributed by atoms with Gasteiger partial charge in [-0.1, -0.05) is 81.1 Å². The Hall–Kier alpha value is -0.710. The molecule has 0 bridgehead atoms. The summed E-state index contributed by atoms with van der Waals surface area (Å²) in [6, 6.07) is 15.4. The summed E-state index contributed by atoms with van der Waals surface area (Å²) in [6.45, 7) is 6.84. The molecule has 5 heteroatoms. The lowest BCUT2D eigenvalue weighted by atomic mass is 9.90. The standard InChI is InChI=1S/C24H31Cl2NOS/c1-24(2,3)29-21-10-5-4-9-20(21)27-22(16-11-13-18(25)14-12-16)23(28)17-7-6-8-19(26)15-17/h6-8,11-15,20-23,27-28H,4-5,9-10H2,1-3H3/t20-,21-,22-,23-/m1/s1. The van der Waals surface area contributed by atoms with Gasteiger partial charge in [0.25, 0.3) is 0 Å². The maximum absolute atomic E-state index is 11.3. The summed E-state index contributed by atoms with van der Waals surface area (Å²) in [6.07, 6.45) is 4.13. The lowest BCUT2D eigenvalue weighted by Crippen LogP contribution is -2.45. The molecule has 1 aliphatic rings. The van der Waals surface area contributed by atoms with Crippen molar-refractivity contribution in [3.63, 3.8) is 0 Å². The third-order valence-electron chi connectivity index (χ3n) is 5.34. The Morgan fingerprint density at radius 2 is 1.66 bits per heavy atom. The molecule has 0 aliphatic heterocycles. The van der Waals surface area contributed by atoms with Crippen LogP contribution in [0.4, 0.5) is 0 Å². The lowest BCUT2D eigenvalue weighted by molar-refractivity contribution is 0.117. The quantitative estimate of drug-likeness (QED) is 0.486. The van der Waals surface area contributed by atoms with Crippen LogP contribution >= 0.6 is 35.0 Å². The Morgan fingerprint density at radius 1 is 0.966 bits per heavy atom. The van der Waals surface area contributed by atoms with Crippen LogP contribution < -0.4 is 5.32 Å². The first kappa shape index (κ1) is 23.0. The number of nitrogens with one attached hydrogen (secondary N) is 1. The molecule has 2 aromatic rings. The molecule has 0 saturated heterocycles. The van der Waals surface area contributed by atoms with Crippen LogP contribution in [0.3, 0.4) is 0 Å². The van der Waals surface area contributed by atoms with Gasteiger partial charge in [-0.15, -0.1) is 0 Å².